The van der Waals surface area contributed by atoms with Crippen molar-refractivity contribution in [3.05, 3.63) is 75.9 Å². The number of hydrogen-bond acceptors (Lipinski definition) is 3. The molecule has 1 aromatic heterocycles. The van der Waals surface area contributed by atoms with Crippen LogP contribution in [0.2, 0.25) is 5.02 Å². The predicted molar refractivity (Wildman–Crippen MR) is 94.3 cm³/mol. The summed E-state index contributed by atoms with van der Waals surface area (Å²) in [7, 11) is 0. The van der Waals surface area contributed by atoms with Crippen molar-refractivity contribution < 1.29 is 8.78 Å². The van der Waals surface area contributed by atoms with Crippen molar-refractivity contribution in [1.82, 2.24) is 10.3 Å². The Morgan fingerprint density at radius 2 is 1.96 bits per heavy atom. The molecular formula is C18H15ClF2N2S. The molecule has 0 saturated heterocycles. The molecule has 6 heteroatoms. The maximum atomic E-state index is 13.9. The maximum absolute atomic E-state index is 13.9. The average molecular weight is 365 g/mol. The molecule has 0 spiro atoms. The normalized spacial score (nSPS) is 11.0. The lowest BCUT2D eigenvalue weighted by atomic mass is 10.1. The molecule has 0 aliphatic carbocycles. The summed E-state index contributed by atoms with van der Waals surface area (Å²) in [5, 5.41) is 4.49. The second-order valence-corrected chi connectivity index (χ2v) is 6.79. The van der Waals surface area contributed by atoms with Crippen molar-refractivity contribution in [2.45, 2.75) is 13.0 Å². The van der Waals surface area contributed by atoms with Gasteiger partial charge in [-0.3, -0.25) is 0 Å². The Kier molecular flexibility index (Phi) is 5.56. The molecule has 1 N–H and O–H groups in total. The number of nitrogens with one attached hydrogen (secondary N) is 1. The first kappa shape index (κ1) is 17.0. The van der Waals surface area contributed by atoms with E-state index in [2.05, 4.69) is 10.3 Å². The minimum Gasteiger partial charge on any atom is -0.310 e. The van der Waals surface area contributed by atoms with Gasteiger partial charge in [-0.25, -0.2) is 13.8 Å². The first-order valence-corrected chi connectivity index (χ1v) is 8.67. The van der Waals surface area contributed by atoms with E-state index in [0.717, 1.165) is 17.0 Å². The lowest BCUT2D eigenvalue weighted by Gasteiger charge is -2.03. The van der Waals surface area contributed by atoms with E-state index in [1.165, 1.54) is 29.5 Å². The predicted octanol–water partition coefficient (Wildman–Crippen LogP) is 5.07. The van der Waals surface area contributed by atoms with Crippen LogP contribution >= 0.6 is 22.9 Å². The Labute approximate surface area is 148 Å². The second kappa shape index (κ2) is 7.83. The molecule has 0 saturated carbocycles. The molecule has 0 unspecified atom stereocenters. The zero-order valence-electron chi connectivity index (χ0n) is 12.7. The van der Waals surface area contributed by atoms with Gasteiger partial charge in [0.2, 0.25) is 0 Å². The van der Waals surface area contributed by atoms with Crippen LogP contribution in [-0.2, 0) is 13.0 Å². The van der Waals surface area contributed by atoms with Crippen molar-refractivity contribution in [2.24, 2.45) is 0 Å². The van der Waals surface area contributed by atoms with E-state index < -0.39 is 0 Å². The number of thiazole rings is 1. The molecule has 124 valence electrons. The monoisotopic (exact) mass is 364 g/mol. The molecule has 3 aromatic rings. The van der Waals surface area contributed by atoms with Gasteiger partial charge in [0, 0.05) is 18.3 Å². The lowest BCUT2D eigenvalue weighted by Crippen LogP contribution is -2.16. The molecule has 0 aliphatic heterocycles. The fraction of sp³-hybridized carbons (Fsp3) is 0.167. The highest BCUT2D eigenvalue weighted by molar-refractivity contribution is 7.15. The first-order valence-electron chi connectivity index (χ1n) is 7.48. The van der Waals surface area contributed by atoms with Crippen LogP contribution < -0.4 is 5.32 Å². The van der Waals surface area contributed by atoms with Crippen LogP contribution in [0.5, 0.6) is 0 Å². The fourth-order valence-electron chi connectivity index (χ4n) is 2.36. The molecule has 2 aromatic carbocycles. The number of benzene rings is 2. The average Bonchev–Trinajstić information content (AvgIpc) is 3.00. The van der Waals surface area contributed by atoms with E-state index in [1.807, 2.05) is 6.07 Å². The topological polar surface area (TPSA) is 24.9 Å². The van der Waals surface area contributed by atoms with E-state index in [4.69, 9.17) is 11.6 Å². The largest absolute Gasteiger partial charge is 0.310 e. The third kappa shape index (κ3) is 4.17. The molecule has 3 rings (SSSR count). The maximum Gasteiger partial charge on any atom is 0.133 e. The second-order valence-electron chi connectivity index (χ2n) is 5.27. The van der Waals surface area contributed by atoms with Crippen molar-refractivity contribution in [2.75, 3.05) is 6.54 Å². The minimum atomic E-state index is -0.350. The molecule has 24 heavy (non-hydrogen) atoms. The van der Waals surface area contributed by atoms with Gasteiger partial charge in [0.1, 0.15) is 16.6 Å². The summed E-state index contributed by atoms with van der Waals surface area (Å²) >= 11 is 7.48. The van der Waals surface area contributed by atoms with Crippen molar-refractivity contribution >= 4 is 22.9 Å². The minimum absolute atomic E-state index is 0.223. The third-order valence-corrected chi connectivity index (χ3v) is 4.85. The van der Waals surface area contributed by atoms with Crippen LogP contribution in [0, 0.1) is 11.6 Å². The van der Waals surface area contributed by atoms with E-state index >= 15 is 0 Å². The Morgan fingerprint density at radius 1 is 1.12 bits per heavy atom. The highest BCUT2D eigenvalue weighted by Crippen LogP contribution is 2.34. The van der Waals surface area contributed by atoms with Crippen molar-refractivity contribution in [1.29, 1.82) is 0 Å². The standard InChI is InChI=1S/C18H15ClF2N2S/c19-14-5-2-6-15(21)18(14)16-10-23-17(24-16)11-22-8-7-12-3-1-4-13(20)9-12/h1-6,9-10,22H,7-8,11H2. The Bertz CT molecular complexity index is 815. The van der Waals surface area contributed by atoms with Gasteiger partial charge in [-0.1, -0.05) is 29.8 Å². The van der Waals surface area contributed by atoms with Gasteiger partial charge >= 0.3 is 0 Å². The summed E-state index contributed by atoms with van der Waals surface area (Å²) in [6, 6.07) is 11.2. The smallest absolute Gasteiger partial charge is 0.133 e. The molecule has 0 fully saturated rings. The Morgan fingerprint density at radius 3 is 2.75 bits per heavy atom. The summed E-state index contributed by atoms with van der Waals surface area (Å²) in [5.74, 6) is -0.574. The van der Waals surface area contributed by atoms with Crippen LogP contribution in [0.15, 0.2) is 48.7 Å². The molecule has 1 heterocycles. The third-order valence-electron chi connectivity index (χ3n) is 3.52. The van der Waals surface area contributed by atoms with Gasteiger partial charge in [0.05, 0.1) is 9.90 Å². The summed E-state index contributed by atoms with van der Waals surface area (Å²) in [5.41, 5.74) is 1.34. The molecule has 0 aliphatic rings. The highest BCUT2D eigenvalue weighted by atomic mass is 35.5. The Hall–Kier alpha value is -1.82. The quantitative estimate of drug-likeness (QED) is 0.617. The number of aromatic nitrogens is 1. The van der Waals surface area contributed by atoms with Crippen molar-refractivity contribution in [3.8, 4) is 10.4 Å². The van der Waals surface area contributed by atoms with Gasteiger partial charge in [-0.15, -0.1) is 11.3 Å². The zero-order valence-corrected chi connectivity index (χ0v) is 14.3. The molecule has 0 bridgehead atoms. The van der Waals surface area contributed by atoms with Gasteiger partial charge in [0.15, 0.2) is 0 Å². The van der Waals surface area contributed by atoms with Crippen LogP contribution in [0.1, 0.15) is 10.6 Å². The molecular weight excluding hydrogens is 350 g/mol. The highest BCUT2D eigenvalue weighted by Gasteiger charge is 2.12. The van der Waals surface area contributed by atoms with Gasteiger partial charge < -0.3 is 5.32 Å². The molecule has 0 radical (unpaired) electrons. The van der Waals surface area contributed by atoms with Gasteiger partial charge in [-0.05, 0) is 42.8 Å². The van der Waals surface area contributed by atoms with Crippen LogP contribution in [0.25, 0.3) is 10.4 Å². The fourth-order valence-corrected chi connectivity index (χ4v) is 3.63. The lowest BCUT2D eigenvalue weighted by molar-refractivity contribution is 0.622. The number of rotatable bonds is 6. The summed E-state index contributed by atoms with van der Waals surface area (Å²) in [6.45, 7) is 1.28. The van der Waals surface area contributed by atoms with Crippen molar-refractivity contribution in [3.63, 3.8) is 0 Å². The number of nitrogens with zero attached hydrogens (tertiary/aromatic N) is 1. The van der Waals surface area contributed by atoms with E-state index in [9.17, 15) is 8.78 Å². The zero-order chi connectivity index (χ0) is 16.9. The van der Waals surface area contributed by atoms with E-state index in [1.54, 1.807) is 24.4 Å². The SMILES string of the molecule is Fc1cccc(CCNCc2ncc(-c3c(F)cccc3Cl)s2)c1. The number of halogens is 3. The number of hydrogen-bond donors (Lipinski definition) is 1. The Balaban J connectivity index is 1.57. The molecule has 0 amide bonds. The first-order chi connectivity index (χ1) is 11.6. The van der Waals surface area contributed by atoms with Gasteiger partial charge in [0.25, 0.3) is 0 Å². The summed E-state index contributed by atoms with van der Waals surface area (Å²) < 4.78 is 27.0. The van der Waals surface area contributed by atoms with E-state index in [-0.39, 0.29) is 11.6 Å². The van der Waals surface area contributed by atoms with Crippen LogP contribution in [0.4, 0.5) is 8.78 Å². The van der Waals surface area contributed by atoms with E-state index in [0.29, 0.717) is 28.6 Å². The van der Waals surface area contributed by atoms with Crippen LogP contribution in [-0.4, -0.2) is 11.5 Å². The van der Waals surface area contributed by atoms with Crippen LogP contribution in [0.3, 0.4) is 0 Å². The summed E-state index contributed by atoms with van der Waals surface area (Å²) in [4.78, 5) is 5.01. The molecule has 2 nitrogen and oxygen atoms in total. The van der Waals surface area contributed by atoms with Gasteiger partial charge in [-0.2, -0.15) is 0 Å². The molecule has 0 atom stereocenters. The summed E-state index contributed by atoms with van der Waals surface area (Å²) in [6.07, 6.45) is 2.37.